The first-order valence-electron chi connectivity index (χ1n) is 10.4. The number of hydrogen-bond donors (Lipinski definition) is 1. The van der Waals surface area contributed by atoms with E-state index in [0.717, 1.165) is 20.5 Å². The van der Waals surface area contributed by atoms with Crippen molar-refractivity contribution in [2.75, 3.05) is 12.8 Å². The van der Waals surface area contributed by atoms with Gasteiger partial charge in [0.1, 0.15) is 6.04 Å². The molecule has 1 atom stereocenters. The monoisotopic (exact) mass is 510 g/mol. The maximum atomic E-state index is 13.4. The summed E-state index contributed by atoms with van der Waals surface area (Å²) in [5, 5.41) is 2.75. The molecule has 0 unspecified atom stereocenters. The summed E-state index contributed by atoms with van der Waals surface area (Å²) in [6.07, 6.45) is 0.454. The minimum Gasteiger partial charge on any atom is -0.357 e. The molecule has 0 spiro atoms. The number of aryl methyl sites for hydroxylation is 1. The van der Waals surface area contributed by atoms with Crippen molar-refractivity contribution in [1.29, 1.82) is 0 Å². The molecule has 0 aliphatic heterocycles. The number of likely N-dealkylation sites (N-methyl/N-ethyl adjacent to an activating group) is 1. The highest BCUT2D eigenvalue weighted by molar-refractivity contribution is 9.10. The number of carbonyl (C=O) groups is 2. The lowest BCUT2D eigenvalue weighted by atomic mass is 10.0. The summed E-state index contributed by atoms with van der Waals surface area (Å²) < 4.78 is 0.941. The molecule has 0 heterocycles. The van der Waals surface area contributed by atoms with Crippen LogP contribution in [0, 0.1) is 6.92 Å². The molecular weight excluding hydrogens is 484 g/mol. The van der Waals surface area contributed by atoms with Crippen LogP contribution in [0.5, 0.6) is 0 Å². The van der Waals surface area contributed by atoms with E-state index < -0.39 is 6.04 Å². The van der Waals surface area contributed by atoms with Crippen LogP contribution in [0.2, 0.25) is 0 Å². The van der Waals surface area contributed by atoms with Crippen molar-refractivity contribution in [1.82, 2.24) is 10.2 Å². The quantitative estimate of drug-likeness (QED) is 0.400. The highest BCUT2D eigenvalue weighted by Crippen LogP contribution is 2.22. The van der Waals surface area contributed by atoms with E-state index in [1.54, 1.807) is 11.9 Å². The molecule has 0 aromatic heterocycles. The van der Waals surface area contributed by atoms with Crippen LogP contribution < -0.4 is 5.32 Å². The molecule has 0 saturated carbocycles. The Balaban J connectivity index is 1.86. The average molecular weight is 511 g/mol. The number of thioether (sulfide) groups is 1. The van der Waals surface area contributed by atoms with Gasteiger partial charge in [-0.1, -0.05) is 76.1 Å². The molecule has 0 fully saturated rings. The zero-order valence-corrected chi connectivity index (χ0v) is 20.7. The number of nitrogens with one attached hydrogen (secondary N) is 1. The summed E-state index contributed by atoms with van der Waals surface area (Å²) in [5.74, 6) is 0.0249. The molecule has 2 amide bonds. The van der Waals surface area contributed by atoms with E-state index in [-0.39, 0.29) is 17.6 Å². The third kappa shape index (κ3) is 6.97. The van der Waals surface area contributed by atoms with Gasteiger partial charge in [-0.05, 0) is 42.3 Å². The minimum absolute atomic E-state index is 0.0694. The number of amides is 2. The van der Waals surface area contributed by atoms with E-state index in [4.69, 9.17) is 0 Å². The van der Waals surface area contributed by atoms with Crippen LogP contribution in [0.4, 0.5) is 0 Å². The second kappa shape index (κ2) is 11.9. The van der Waals surface area contributed by atoms with E-state index >= 15 is 0 Å². The summed E-state index contributed by atoms with van der Waals surface area (Å²) in [4.78, 5) is 29.1. The van der Waals surface area contributed by atoms with E-state index in [1.165, 1.54) is 17.3 Å². The van der Waals surface area contributed by atoms with Crippen molar-refractivity contribution in [2.24, 2.45) is 0 Å². The van der Waals surface area contributed by atoms with E-state index in [9.17, 15) is 9.59 Å². The SMILES string of the molecule is CNC(=O)[C@@H](Cc1ccccc1)N(Cc1cccc(Br)c1)C(=O)CSc1ccc(C)cc1. The van der Waals surface area contributed by atoms with Gasteiger partial charge in [0.15, 0.2) is 0 Å². The highest BCUT2D eigenvalue weighted by atomic mass is 79.9. The van der Waals surface area contributed by atoms with Crippen molar-refractivity contribution >= 4 is 39.5 Å². The lowest BCUT2D eigenvalue weighted by Gasteiger charge is -2.31. The van der Waals surface area contributed by atoms with Crippen molar-refractivity contribution in [3.63, 3.8) is 0 Å². The molecule has 1 N–H and O–H groups in total. The van der Waals surface area contributed by atoms with E-state index in [2.05, 4.69) is 21.2 Å². The first kappa shape index (κ1) is 24.1. The molecule has 3 aromatic carbocycles. The highest BCUT2D eigenvalue weighted by Gasteiger charge is 2.29. The number of nitrogens with zero attached hydrogens (tertiary/aromatic N) is 1. The largest absolute Gasteiger partial charge is 0.357 e. The Morgan fingerprint density at radius 1 is 0.969 bits per heavy atom. The van der Waals surface area contributed by atoms with Gasteiger partial charge in [-0.25, -0.2) is 0 Å². The van der Waals surface area contributed by atoms with Crippen LogP contribution >= 0.6 is 27.7 Å². The number of carbonyl (C=O) groups excluding carboxylic acids is 2. The van der Waals surface area contributed by atoms with Crippen LogP contribution in [0.1, 0.15) is 16.7 Å². The Bertz CT molecular complexity index is 1040. The number of rotatable bonds is 9. The summed E-state index contributed by atoms with van der Waals surface area (Å²) in [5.41, 5.74) is 3.16. The smallest absolute Gasteiger partial charge is 0.242 e. The van der Waals surface area contributed by atoms with Crippen LogP contribution in [0.15, 0.2) is 88.2 Å². The predicted octanol–water partition coefficient (Wildman–Crippen LogP) is 5.24. The Hall–Kier alpha value is -2.57. The summed E-state index contributed by atoms with van der Waals surface area (Å²) in [6, 6.07) is 25.2. The maximum absolute atomic E-state index is 13.4. The number of benzene rings is 3. The van der Waals surface area contributed by atoms with Crippen molar-refractivity contribution in [3.05, 3.63) is 100 Å². The van der Waals surface area contributed by atoms with Gasteiger partial charge in [-0.3, -0.25) is 9.59 Å². The second-order valence-corrected chi connectivity index (χ2v) is 9.54. The molecule has 166 valence electrons. The Morgan fingerprint density at radius 2 is 1.66 bits per heavy atom. The molecule has 6 heteroatoms. The molecule has 3 aromatic rings. The molecule has 3 rings (SSSR count). The van der Waals surface area contributed by atoms with Crippen molar-refractivity contribution < 1.29 is 9.59 Å². The molecule has 0 radical (unpaired) electrons. The third-order valence-electron chi connectivity index (χ3n) is 5.14. The lowest BCUT2D eigenvalue weighted by molar-refractivity contribution is -0.139. The Morgan fingerprint density at radius 3 is 2.31 bits per heavy atom. The van der Waals surface area contributed by atoms with Gasteiger partial charge in [-0.2, -0.15) is 0 Å². The molecular formula is C26H27BrN2O2S. The third-order valence-corrected chi connectivity index (χ3v) is 6.63. The van der Waals surface area contributed by atoms with E-state index in [0.29, 0.717) is 13.0 Å². The fourth-order valence-electron chi connectivity index (χ4n) is 3.42. The van der Waals surface area contributed by atoms with Gasteiger partial charge in [0.05, 0.1) is 5.75 Å². The number of halogens is 1. The fourth-order valence-corrected chi connectivity index (χ4v) is 4.65. The van der Waals surface area contributed by atoms with Crippen LogP contribution in [-0.4, -0.2) is 35.6 Å². The van der Waals surface area contributed by atoms with Gasteiger partial charge in [0, 0.05) is 29.4 Å². The van der Waals surface area contributed by atoms with Gasteiger partial charge in [0.2, 0.25) is 11.8 Å². The van der Waals surface area contributed by atoms with Crippen LogP contribution in [0.25, 0.3) is 0 Å². The average Bonchev–Trinajstić information content (AvgIpc) is 2.81. The zero-order valence-electron chi connectivity index (χ0n) is 18.3. The van der Waals surface area contributed by atoms with Crippen molar-refractivity contribution in [2.45, 2.75) is 30.8 Å². The molecule has 0 aliphatic rings. The van der Waals surface area contributed by atoms with Gasteiger partial charge in [0.25, 0.3) is 0 Å². The second-order valence-electron chi connectivity index (χ2n) is 7.57. The number of hydrogen-bond acceptors (Lipinski definition) is 3. The predicted molar refractivity (Wildman–Crippen MR) is 135 cm³/mol. The Kier molecular flexibility index (Phi) is 8.94. The maximum Gasteiger partial charge on any atom is 0.242 e. The molecule has 4 nitrogen and oxygen atoms in total. The molecule has 32 heavy (non-hydrogen) atoms. The lowest BCUT2D eigenvalue weighted by Crippen LogP contribution is -2.50. The molecule has 0 bridgehead atoms. The molecule has 0 saturated heterocycles. The molecule has 0 aliphatic carbocycles. The van der Waals surface area contributed by atoms with Crippen molar-refractivity contribution in [3.8, 4) is 0 Å². The minimum atomic E-state index is -0.604. The zero-order chi connectivity index (χ0) is 22.9. The topological polar surface area (TPSA) is 49.4 Å². The fraction of sp³-hybridized carbons (Fsp3) is 0.231. The van der Waals surface area contributed by atoms with Gasteiger partial charge in [-0.15, -0.1) is 11.8 Å². The summed E-state index contributed by atoms with van der Waals surface area (Å²) in [7, 11) is 1.61. The normalized spacial score (nSPS) is 11.6. The van der Waals surface area contributed by atoms with E-state index in [1.807, 2.05) is 85.8 Å². The Labute approximate surface area is 202 Å². The van der Waals surface area contributed by atoms with Crippen LogP contribution in [0.3, 0.4) is 0 Å². The first-order valence-corrected chi connectivity index (χ1v) is 12.2. The van der Waals surface area contributed by atoms with Crippen LogP contribution in [-0.2, 0) is 22.6 Å². The van der Waals surface area contributed by atoms with Gasteiger partial charge < -0.3 is 10.2 Å². The standard InChI is InChI=1S/C26H27BrN2O2S/c1-19-11-13-23(14-12-19)32-18-25(30)29(17-21-9-6-10-22(27)15-21)24(26(31)28-2)16-20-7-4-3-5-8-20/h3-15,24H,16-18H2,1-2H3,(H,28,31)/t24-/m1/s1. The first-order chi connectivity index (χ1) is 15.5. The summed E-state index contributed by atoms with van der Waals surface area (Å²) in [6.45, 7) is 2.40. The van der Waals surface area contributed by atoms with Gasteiger partial charge >= 0.3 is 0 Å². The summed E-state index contributed by atoms with van der Waals surface area (Å²) >= 11 is 4.99.